The van der Waals surface area contributed by atoms with Gasteiger partial charge in [0.2, 0.25) is 5.91 Å². The smallest absolute Gasteiger partial charge is 0.305 e. The monoisotopic (exact) mass is 1080 g/mol. The van der Waals surface area contributed by atoms with Crippen molar-refractivity contribution in [2.75, 3.05) is 13.2 Å². The van der Waals surface area contributed by atoms with Gasteiger partial charge in [0.15, 0.2) is 0 Å². The van der Waals surface area contributed by atoms with Crippen molar-refractivity contribution in [3.63, 3.8) is 0 Å². The Kier molecular flexibility index (Phi) is 65.4. The van der Waals surface area contributed by atoms with E-state index in [1.165, 1.54) is 327 Å². The lowest BCUT2D eigenvalue weighted by molar-refractivity contribution is -0.143. The molecule has 0 bridgehead atoms. The quantitative estimate of drug-likeness (QED) is 0.0320. The summed E-state index contributed by atoms with van der Waals surface area (Å²) in [5, 5.41) is 23.2. The Hall–Kier alpha value is -1.66. The van der Waals surface area contributed by atoms with E-state index >= 15 is 0 Å². The number of esters is 1. The van der Waals surface area contributed by atoms with E-state index in [0.29, 0.717) is 19.4 Å². The zero-order valence-corrected chi connectivity index (χ0v) is 52.2. The minimum atomic E-state index is -0.842. The van der Waals surface area contributed by atoms with Crippen LogP contribution in [0.3, 0.4) is 0 Å². The standard InChI is InChI=1S/C71H137NO5/c1-3-5-7-9-11-13-15-17-36-40-43-47-51-55-59-63-69(74)68(67-73)72-70(75)64-60-56-52-48-44-41-37-34-32-30-28-26-24-22-20-18-19-21-23-25-27-29-31-33-35-38-42-46-50-54-58-62-66-77-71(76)65-61-57-53-49-45-39-16-14-12-10-8-6-4-2/h21,23,59,63,68-69,73-74H,3-20,22,24-58,60-62,64-67H2,1-2H3,(H,72,75)/b23-21-,63-59+. The van der Waals surface area contributed by atoms with Crippen LogP contribution in [-0.2, 0) is 14.3 Å². The highest BCUT2D eigenvalue weighted by Gasteiger charge is 2.18. The second-order valence-electron chi connectivity index (χ2n) is 24.2. The van der Waals surface area contributed by atoms with Gasteiger partial charge in [-0.25, -0.2) is 0 Å². The van der Waals surface area contributed by atoms with Crippen LogP contribution in [0.25, 0.3) is 0 Å². The van der Waals surface area contributed by atoms with E-state index in [4.69, 9.17) is 4.74 Å². The number of amides is 1. The van der Waals surface area contributed by atoms with Gasteiger partial charge < -0.3 is 20.3 Å². The predicted octanol–water partition coefficient (Wildman–Crippen LogP) is 22.5. The van der Waals surface area contributed by atoms with Crippen molar-refractivity contribution in [2.45, 2.75) is 405 Å². The van der Waals surface area contributed by atoms with Crippen molar-refractivity contribution >= 4 is 11.9 Å². The van der Waals surface area contributed by atoms with E-state index < -0.39 is 12.1 Å². The lowest BCUT2D eigenvalue weighted by atomic mass is 10.0. The number of hydrogen-bond acceptors (Lipinski definition) is 5. The molecule has 2 unspecified atom stereocenters. The van der Waals surface area contributed by atoms with Crippen LogP contribution < -0.4 is 5.32 Å². The van der Waals surface area contributed by atoms with E-state index in [1.54, 1.807) is 6.08 Å². The van der Waals surface area contributed by atoms with E-state index in [-0.39, 0.29) is 18.5 Å². The molecular weight excluding hydrogens is 947 g/mol. The number of carbonyl (C=O) groups excluding carboxylic acids is 2. The lowest BCUT2D eigenvalue weighted by Gasteiger charge is -2.20. The Balaban J connectivity index is 3.36. The number of aliphatic hydroxyl groups is 2. The normalized spacial score (nSPS) is 12.6. The van der Waals surface area contributed by atoms with Crippen LogP contribution >= 0.6 is 0 Å². The molecule has 3 N–H and O–H groups in total. The highest BCUT2D eigenvalue weighted by atomic mass is 16.5. The summed E-state index contributed by atoms with van der Waals surface area (Å²) in [6.45, 7) is 4.94. The number of allylic oxidation sites excluding steroid dienone is 3. The van der Waals surface area contributed by atoms with Crippen molar-refractivity contribution in [2.24, 2.45) is 0 Å². The van der Waals surface area contributed by atoms with Crippen molar-refractivity contribution in [1.29, 1.82) is 0 Å². The molecule has 0 aliphatic heterocycles. The Morgan fingerprint density at radius 2 is 0.610 bits per heavy atom. The van der Waals surface area contributed by atoms with Crippen molar-refractivity contribution < 1.29 is 24.5 Å². The molecule has 0 aromatic heterocycles. The minimum absolute atomic E-state index is 0.0200. The van der Waals surface area contributed by atoms with Gasteiger partial charge in [0.25, 0.3) is 0 Å². The molecule has 456 valence electrons. The van der Waals surface area contributed by atoms with Gasteiger partial charge in [0.1, 0.15) is 0 Å². The summed E-state index contributed by atoms with van der Waals surface area (Å²) in [6, 6.07) is -0.625. The second-order valence-corrected chi connectivity index (χ2v) is 24.2. The first kappa shape index (κ1) is 75.3. The van der Waals surface area contributed by atoms with Gasteiger partial charge in [-0.15, -0.1) is 0 Å². The van der Waals surface area contributed by atoms with Crippen LogP contribution in [-0.4, -0.2) is 47.4 Å². The van der Waals surface area contributed by atoms with Crippen LogP contribution in [0.5, 0.6) is 0 Å². The summed E-state index contributed by atoms with van der Waals surface area (Å²) in [5.41, 5.74) is 0. The third-order valence-electron chi connectivity index (χ3n) is 16.5. The maximum Gasteiger partial charge on any atom is 0.305 e. The molecule has 0 spiro atoms. The molecular formula is C71H137NO5. The Bertz CT molecular complexity index is 1200. The summed E-state index contributed by atoms with van der Waals surface area (Å²) in [7, 11) is 0. The molecule has 77 heavy (non-hydrogen) atoms. The van der Waals surface area contributed by atoms with Gasteiger partial charge in [-0.3, -0.25) is 9.59 Å². The number of aliphatic hydroxyl groups excluding tert-OH is 2. The van der Waals surface area contributed by atoms with Crippen molar-refractivity contribution in [3.05, 3.63) is 24.3 Å². The number of hydrogen-bond donors (Lipinski definition) is 3. The molecule has 0 aromatic carbocycles. The average molecular weight is 1080 g/mol. The molecule has 6 nitrogen and oxygen atoms in total. The first-order valence-corrected chi connectivity index (χ1v) is 35.1. The Morgan fingerprint density at radius 1 is 0.351 bits per heavy atom. The van der Waals surface area contributed by atoms with Gasteiger partial charge in [0, 0.05) is 12.8 Å². The highest BCUT2D eigenvalue weighted by molar-refractivity contribution is 5.76. The molecule has 0 rings (SSSR count). The molecule has 1 amide bonds. The van der Waals surface area contributed by atoms with Gasteiger partial charge >= 0.3 is 5.97 Å². The molecule has 0 radical (unpaired) electrons. The number of unbranched alkanes of at least 4 members (excludes halogenated alkanes) is 53. The van der Waals surface area contributed by atoms with Crippen molar-refractivity contribution in [1.82, 2.24) is 5.32 Å². The van der Waals surface area contributed by atoms with Crippen LogP contribution in [0.2, 0.25) is 0 Å². The fourth-order valence-corrected chi connectivity index (χ4v) is 11.1. The number of ether oxygens (including phenoxy) is 1. The zero-order chi connectivity index (χ0) is 55.7. The van der Waals surface area contributed by atoms with Gasteiger partial charge in [-0.05, 0) is 57.8 Å². The van der Waals surface area contributed by atoms with E-state index in [9.17, 15) is 19.8 Å². The van der Waals surface area contributed by atoms with Crippen LogP contribution in [0, 0.1) is 0 Å². The largest absolute Gasteiger partial charge is 0.466 e. The third kappa shape index (κ3) is 63.4. The zero-order valence-electron chi connectivity index (χ0n) is 52.2. The van der Waals surface area contributed by atoms with E-state index in [0.717, 1.165) is 38.5 Å². The third-order valence-corrected chi connectivity index (χ3v) is 16.5. The lowest BCUT2D eigenvalue weighted by Crippen LogP contribution is -2.45. The minimum Gasteiger partial charge on any atom is -0.466 e. The Labute approximate surface area is 481 Å². The summed E-state index contributed by atoms with van der Waals surface area (Å²) in [6.07, 6.45) is 84.1. The summed E-state index contributed by atoms with van der Waals surface area (Å²) >= 11 is 0. The highest BCUT2D eigenvalue weighted by Crippen LogP contribution is 2.18. The number of carbonyl (C=O) groups is 2. The summed E-state index contributed by atoms with van der Waals surface area (Å²) in [4.78, 5) is 24.5. The average Bonchev–Trinajstić information content (AvgIpc) is 3.43. The van der Waals surface area contributed by atoms with Gasteiger partial charge in [-0.1, -0.05) is 346 Å². The molecule has 0 fully saturated rings. The molecule has 0 aliphatic rings. The van der Waals surface area contributed by atoms with Crippen molar-refractivity contribution in [3.8, 4) is 0 Å². The van der Waals surface area contributed by atoms with Gasteiger partial charge in [0.05, 0.1) is 25.4 Å². The number of nitrogens with one attached hydrogen (secondary N) is 1. The maximum atomic E-state index is 12.5. The fraction of sp³-hybridized carbons (Fsp3) is 0.915. The van der Waals surface area contributed by atoms with Gasteiger partial charge in [-0.2, -0.15) is 0 Å². The molecule has 0 aromatic rings. The number of rotatable bonds is 66. The molecule has 2 atom stereocenters. The maximum absolute atomic E-state index is 12.5. The SMILES string of the molecule is CCCCCCCCCCCCCCC/C=C/C(O)C(CO)NC(=O)CCCCCCCCCCCCCCCCCC/C=C\CCCCCCCCCCCCCCOC(=O)CCCCCCCCCCCCCCC. The van der Waals surface area contributed by atoms with Crippen LogP contribution in [0.15, 0.2) is 24.3 Å². The molecule has 0 saturated carbocycles. The Morgan fingerprint density at radius 3 is 0.922 bits per heavy atom. The summed E-state index contributed by atoms with van der Waals surface area (Å²) < 4.78 is 5.49. The van der Waals surface area contributed by atoms with Crippen LogP contribution in [0.4, 0.5) is 0 Å². The fourth-order valence-electron chi connectivity index (χ4n) is 11.1. The van der Waals surface area contributed by atoms with E-state index in [1.807, 2.05) is 6.08 Å². The molecule has 0 heterocycles. The molecule has 0 aliphatic carbocycles. The topological polar surface area (TPSA) is 95.9 Å². The van der Waals surface area contributed by atoms with E-state index in [2.05, 4.69) is 31.3 Å². The first-order chi connectivity index (χ1) is 38.0. The first-order valence-electron chi connectivity index (χ1n) is 35.1. The molecule has 6 heteroatoms. The molecule has 0 saturated heterocycles. The second kappa shape index (κ2) is 66.8. The summed E-state index contributed by atoms with van der Waals surface area (Å²) in [5.74, 6) is -0.0429. The van der Waals surface area contributed by atoms with Crippen LogP contribution in [0.1, 0.15) is 393 Å². The predicted molar refractivity (Wildman–Crippen MR) is 338 cm³/mol.